The third-order valence-electron chi connectivity index (χ3n) is 4.75. The van der Waals surface area contributed by atoms with Gasteiger partial charge in [0.15, 0.2) is 0 Å². The summed E-state index contributed by atoms with van der Waals surface area (Å²) in [6.07, 6.45) is 5.27. The smallest absolute Gasteiger partial charge is 0.132 e. The van der Waals surface area contributed by atoms with Gasteiger partial charge in [-0.1, -0.05) is 6.07 Å². The average molecular weight is 397 g/mol. The third-order valence-corrected chi connectivity index (χ3v) is 4.89. The summed E-state index contributed by atoms with van der Waals surface area (Å²) in [5.74, 6) is 0.897. The molecule has 1 aromatic carbocycles. The molecule has 0 radical (unpaired) electrons. The van der Waals surface area contributed by atoms with Crippen molar-refractivity contribution in [2.24, 2.45) is 4.99 Å². The number of fused-ring (bicyclic) bond motifs is 1. The number of allylic oxidation sites excluding steroid dienone is 2. The molecule has 1 aliphatic heterocycles. The molecule has 144 valence electrons. The largest absolute Gasteiger partial charge is 0.378 e. The van der Waals surface area contributed by atoms with E-state index in [4.69, 9.17) is 16.3 Å². The van der Waals surface area contributed by atoms with Crippen molar-refractivity contribution in [2.75, 3.05) is 37.2 Å². The molecule has 0 atom stereocenters. The van der Waals surface area contributed by atoms with Gasteiger partial charge in [-0.05, 0) is 36.3 Å². The highest BCUT2D eigenvalue weighted by Gasteiger charge is 2.16. The van der Waals surface area contributed by atoms with Gasteiger partial charge in [0.05, 0.1) is 24.4 Å². The van der Waals surface area contributed by atoms with E-state index in [2.05, 4.69) is 42.2 Å². The topological polar surface area (TPSA) is 79.3 Å². The summed E-state index contributed by atoms with van der Waals surface area (Å²) in [6, 6.07) is 8.45. The standard InChI is InChI=1S/C20H21ClN6O/c1-14(4-5-22-12-21)15-2-3-17-16(10-15)20(26-25-17)18-11-19(24-13-23-18)27-6-8-28-9-7-27/h2-5,10-11,13H,6-9,12H2,1H3,(H,25,26)/b14-4+,22-5-. The van der Waals surface area contributed by atoms with Crippen molar-refractivity contribution < 1.29 is 4.74 Å². The third kappa shape index (κ3) is 3.90. The zero-order chi connectivity index (χ0) is 19.3. The molecule has 1 fully saturated rings. The normalized spacial score (nSPS) is 15.6. The van der Waals surface area contributed by atoms with Crippen molar-refractivity contribution in [3.05, 3.63) is 42.2 Å². The van der Waals surface area contributed by atoms with Crippen LogP contribution in [0.5, 0.6) is 0 Å². The number of morpholine rings is 1. The number of H-pyrrole nitrogens is 1. The average Bonchev–Trinajstić information content (AvgIpc) is 3.18. The Morgan fingerprint density at radius 2 is 2.14 bits per heavy atom. The molecule has 1 aliphatic rings. The Kier molecular flexibility index (Phi) is 5.64. The lowest BCUT2D eigenvalue weighted by atomic mass is 10.0. The summed E-state index contributed by atoms with van der Waals surface area (Å²) < 4.78 is 5.43. The van der Waals surface area contributed by atoms with Crippen molar-refractivity contribution in [3.63, 3.8) is 0 Å². The Morgan fingerprint density at radius 3 is 2.96 bits per heavy atom. The molecule has 0 spiro atoms. The molecule has 7 nitrogen and oxygen atoms in total. The molecular formula is C20H21ClN6O. The van der Waals surface area contributed by atoms with E-state index in [1.54, 1.807) is 12.5 Å². The van der Waals surface area contributed by atoms with Gasteiger partial charge in [0.2, 0.25) is 0 Å². The number of alkyl halides is 1. The van der Waals surface area contributed by atoms with Crippen LogP contribution in [0.1, 0.15) is 12.5 Å². The van der Waals surface area contributed by atoms with E-state index in [1.807, 2.05) is 25.1 Å². The van der Waals surface area contributed by atoms with Gasteiger partial charge in [-0.2, -0.15) is 5.10 Å². The van der Waals surface area contributed by atoms with Gasteiger partial charge in [0.1, 0.15) is 23.8 Å². The lowest BCUT2D eigenvalue weighted by Crippen LogP contribution is -2.36. The second kappa shape index (κ2) is 8.50. The summed E-state index contributed by atoms with van der Waals surface area (Å²) in [4.78, 5) is 15.1. The molecular weight excluding hydrogens is 376 g/mol. The Balaban J connectivity index is 1.70. The fourth-order valence-corrected chi connectivity index (χ4v) is 3.28. The number of benzene rings is 1. The van der Waals surface area contributed by atoms with Crippen LogP contribution in [0, 0.1) is 0 Å². The summed E-state index contributed by atoms with van der Waals surface area (Å²) in [6.45, 7) is 5.13. The van der Waals surface area contributed by atoms with Crippen molar-refractivity contribution in [2.45, 2.75) is 6.92 Å². The number of rotatable bonds is 5. The number of aliphatic imine (C=N–C) groups is 1. The Hall–Kier alpha value is -2.77. The van der Waals surface area contributed by atoms with Crippen LogP contribution in [0.4, 0.5) is 5.82 Å². The maximum absolute atomic E-state index is 5.59. The highest BCUT2D eigenvalue weighted by atomic mass is 35.5. The molecule has 0 unspecified atom stereocenters. The lowest BCUT2D eigenvalue weighted by Gasteiger charge is -2.27. The second-order valence-corrected chi connectivity index (χ2v) is 6.73. The number of hydrogen-bond donors (Lipinski definition) is 1. The second-order valence-electron chi connectivity index (χ2n) is 6.49. The van der Waals surface area contributed by atoms with Crippen LogP contribution < -0.4 is 4.90 Å². The molecule has 0 aliphatic carbocycles. The molecule has 4 rings (SSSR count). The quantitative estimate of drug-likeness (QED) is 0.405. The first-order chi connectivity index (χ1) is 13.8. The van der Waals surface area contributed by atoms with Crippen LogP contribution in [0.25, 0.3) is 27.9 Å². The first-order valence-electron chi connectivity index (χ1n) is 9.12. The summed E-state index contributed by atoms with van der Waals surface area (Å²) in [5.41, 5.74) is 4.77. The number of halogens is 1. The number of anilines is 1. The SMILES string of the molecule is C/C(=C\C=N/CCl)c1ccc2[nH]nc(-c3cc(N4CCOCC4)ncn3)c2c1. The minimum Gasteiger partial charge on any atom is -0.378 e. The first-order valence-corrected chi connectivity index (χ1v) is 9.66. The van der Waals surface area contributed by atoms with Gasteiger partial charge in [-0.25, -0.2) is 9.97 Å². The molecule has 0 saturated carbocycles. The van der Waals surface area contributed by atoms with E-state index in [1.165, 1.54) is 0 Å². The van der Waals surface area contributed by atoms with Crippen molar-refractivity contribution >= 4 is 40.1 Å². The van der Waals surface area contributed by atoms with Crippen molar-refractivity contribution in [1.82, 2.24) is 20.2 Å². The number of aromatic nitrogens is 4. The molecule has 0 bridgehead atoms. The fraction of sp³-hybridized carbons (Fsp3) is 0.300. The Bertz CT molecular complexity index is 1020. The predicted octanol–water partition coefficient (Wildman–Crippen LogP) is 3.53. The van der Waals surface area contributed by atoms with E-state index < -0.39 is 0 Å². The number of aromatic amines is 1. The fourth-order valence-electron chi connectivity index (χ4n) is 3.20. The molecule has 3 aromatic rings. The van der Waals surface area contributed by atoms with Crippen LogP contribution in [-0.4, -0.2) is 58.7 Å². The molecule has 28 heavy (non-hydrogen) atoms. The Labute approximate surface area is 168 Å². The Morgan fingerprint density at radius 1 is 1.29 bits per heavy atom. The summed E-state index contributed by atoms with van der Waals surface area (Å²) >= 11 is 5.59. The van der Waals surface area contributed by atoms with Gasteiger partial charge in [0, 0.05) is 30.8 Å². The van der Waals surface area contributed by atoms with Gasteiger partial charge >= 0.3 is 0 Å². The van der Waals surface area contributed by atoms with Crippen LogP contribution in [0.15, 0.2) is 41.7 Å². The predicted molar refractivity (Wildman–Crippen MR) is 113 cm³/mol. The van der Waals surface area contributed by atoms with Crippen molar-refractivity contribution in [3.8, 4) is 11.4 Å². The highest BCUT2D eigenvalue weighted by molar-refractivity contribution is 6.18. The molecule has 0 amide bonds. The summed E-state index contributed by atoms with van der Waals surface area (Å²) in [5, 5.41) is 8.62. The monoisotopic (exact) mass is 396 g/mol. The number of nitrogens with one attached hydrogen (secondary N) is 1. The number of ether oxygens (including phenoxy) is 1. The summed E-state index contributed by atoms with van der Waals surface area (Å²) in [7, 11) is 0. The van der Waals surface area contributed by atoms with Gasteiger partial charge in [0.25, 0.3) is 0 Å². The highest BCUT2D eigenvalue weighted by Crippen LogP contribution is 2.29. The first kappa shape index (κ1) is 18.6. The van der Waals surface area contributed by atoms with Gasteiger partial charge < -0.3 is 9.64 Å². The minimum atomic E-state index is 0.258. The van der Waals surface area contributed by atoms with Gasteiger partial charge in [-0.15, -0.1) is 11.6 Å². The van der Waals surface area contributed by atoms with E-state index in [0.29, 0.717) is 13.2 Å². The van der Waals surface area contributed by atoms with Crippen LogP contribution >= 0.6 is 11.6 Å². The molecule has 2 aromatic heterocycles. The zero-order valence-electron chi connectivity index (χ0n) is 15.6. The van der Waals surface area contributed by atoms with Crippen LogP contribution in [-0.2, 0) is 4.74 Å². The molecule has 1 N–H and O–H groups in total. The van der Waals surface area contributed by atoms with E-state index in [9.17, 15) is 0 Å². The van der Waals surface area contributed by atoms with E-state index in [0.717, 1.165) is 52.3 Å². The molecule has 3 heterocycles. The van der Waals surface area contributed by atoms with Crippen LogP contribution in [0.2, 0.25) is 0 Å². The zero-order valence-corrected chi connectivity index (χ0v) is 16.4. The van der Waals surface area contributed by atoms with Crippen molar-refractivity contribution in [1.29, 1.82) is 0 Å². The maximum atomic E-state index is 5.59. The molecule has 8 heteroatoms. The maximum Gasteiger partial charge on any atom is 0.132 e. The van der Waals surface area contributed by atoms with Crippen LogP contribution in [0.3, 0.4) is 0 Å². The number of nitrogens with zero attached hydrogens (tertiary/aromatic N) is 5. The minimum absolute atomic E-state index is 0.258. The van der Waals surface area contributed by atoms with E-state index >= 15 is 0 Å². The number of hydrogen-bond acceptors (Lipinski definition) is 6. The lowest BCUT2D eigenvalue weighted by molar-refractivity contribution is 0.122. The van der Waals surface area contributed by atoms with Gasteiger partial charge in [-0.3, -0.25) is 10.1 Å². The van der Waals surface area contributed by atoms with E-state index in [-0.39, 0.29) is 6.00 Å². The molecule has 1 saturated heterocycles.